The van der Waals surface area contributed by atoms with Gasteiger partial charge in [-0.15, -0.1) is 0 Å². The molecule has 0 aromatic rings. The highest BCUT2D eigenvalue weighted by Crippen LogP contribution is 2.67. The van der Waals surface area contributed by atoms with Gasteiger partial charge in [-0.3, -0.25) is 4.79 Å². The van der Waals surface area contributed by atoms with E-state index in [2.05, 4.69) is 40.3 Å². The fourth-order valence-electron chi connectivity index (χ4n) is 5.76. The molecule has 122 valence electrons. The smallest absolute Gasteiger partial charge is 0.313 e. The summed E-state index contributed by atoms with van der Waals surface area (Å²) in [6.45, 7) is 12.8. The number of carbonyl (C=O) groups is 1. The molecule has 1 aliphatic heterocycles. The fraction of sp³-hybridized carbons (Fsp3) is 0.750. The predicted octanol–water partition coefficient (Wildman–Crippen LogP) is 5.05. The lowest BCUT2D eigenvalue weighted by molar-refractivity contribution is -0.156. The summed E-state index contributed by atoms with van der Waals surface area (Å²) in [4.78, 5) is 13.0. The van der Waals surface area contributed by atoms with Crippen molar-refractivity contribution < 1.29 is 9.53 Å². The third-order valence-electron chi connectivity index (χ3n) is 6.97. The standard InChI is InChI=1S/C20H30O2/c1-6-14(2)8-9-16-19(5)13-10-15-18(3,4)11-7-12-20(15,16)17(21)22-19/h6,8,15-16H,1,7,9-13H2,2-5H3/t15-,16-,19-,20+/m0/s1. The Labute approximate surface area is 135 Å². The van der Waals surface area contributed by atoms with Crippen LogP contribution in [0.3, 0.4) is 0 Å². The highest BCUT2D eigenvalue weighted by molar-refractivity contribution is 5.81. The molecule has 3 aliphatic rings. The number of allylic oxidation sites excluding steroid dienone is 3. The Bertz CT molecular complexity index is 530. The number of esters is 1. The summed E-state index contributed by atoms with van der Waals surface area (Å²) in [6, 6.07) is 0. The summed E-state index contributed by atoms with van der Waals surface area (Å²) in [7, 11) is 0. The number of carbonyl (C=O) groups excluding carboxylic acids is 1. The van der Waals surface area contributed by atoms with Crippen LogP contribution in [0.15, 0.2) is 24.3 Å². The molecule has 1 saturated heterocycles. The molecule has 3 rings (SSSR count). The normalized spacial score (nSPS) is 43.5. The maximum absolute atomic E-state index is 13.0. The van der Waals surface area contributed by atoms with Crippen LogP contribution in [-0.2, 0) is 9.53 Å². The van der Waals surface area contributed by atoms with Gasteiger partial charge in [0.1, 0.15) is 5.60 Å². The average molecular weight is 302 g/mol. The molecule has 0 amide bonds. The van der Waals surface area contributed by atoms with Crippen LogP contribution in [0.2, 0.25) is 0 Å². The third kappa shape index (κ3) is 2.02. The highest BCUT2D eigenvalue weighted by Gasteiger charge is 2.70. The van der Waals surface area contributed by atoms with E-state index >= 15 is 0 Å². The average Bonchev–Trinajstić information content (AvgIpc) is 2.55. The molecule has 2 bridgehead atoms. The van der Waals surface area contributed by atoms with Crippen molar-refractivity contribution in [2.75, 3.05) is 0 Å². The molecule has 4 atom stereocenters. The third-order valence-corrected chi connectivity index (χ3v) is 6.97. The second-order valence-corrected chi connectivity index (χ2v) is 8.62. The van der Waals surface area contributed by atoms with Crippen molar-refractivity contribution in [3.05, 3.63) is 24.3 Å². The fourth-order valence-corrected chi connectivity index (χ4v) is 5.76. The van der Waals surface area contributed by atoms with E-state index in [1.807, 2.05) is 6.08 Å². The lowest BCUT2D eigenvalue weighted by atomic mass is 9.46. The maximum atomic E-state index is 13.0. The van der Waals surface area contributed by atoms with Crippen molar-refractivity contribution in [2.24, 2.45) is 22.7 Å². The Morgan fingerprint density at radius 2 is 2.05 bits per heavy atom. The van der Waals surface area contributed by atoms with Gasteiger partial charge in [-0.2, -0.15) is 0 Å². The van der Waals surface area contributed by atoms with Gasteiger partial charge in [0.05, 0.1) is 5.41 Å². The van der Waals surface area contributed by atoms with Crippen molar-refractivity contribution >= 4 is 5.97 Å². The summed E-state index contributed by atoms with van der Waals surface area (Å²) in [6.07, 6.45) is 10.6. The Morgan fingerprint density at radius 1 is 1.32 bits per heavy atom. The Kier molecular flexibility index (Phi) is 3.58. The van der Waals surface area contributed by atoms with Crippen molar-refractivity contribution in [1.29, 1.82) is 0 Å². The zero-order valence-corrected chi connectivity index (χ0v) is 14.6. The first-order valence-electron chi connectivity index (χ1n) is 8.79. The van der Waals surface area contributed by atoms with E-state index < -0.39 is 0 Å². The largest absolute Gasteiger partial charge is 0.459 e. The number of hydrogen-bond donors (Lipinski definition) is 0. The summed E-state index contributed by atoms with van der Waals surface area (Å²) in [5.41, 5.74) is 0.938. The van der Waals surface area contributed by atoms with Crippen LogP contribution >= 0.6 is 0 Å². The topological polar surface area (TPSA) is 26.3 Å². The monoisotopic (exact) mass is 302 g/mol. The molecular weight excluding hydrogens is 272 g/mol. The minimum absolute atomic E-state index is 0.0972. The second kappa shape index (κ2) is 4.97. The zero-order chi connectivity index (χ0) is 16.2. The van der Waals surface area contributed by atoms with Crippen molar-refractivity contribution in [3.8, 4) is 0 Å². The van der Waals surface area contributed by atoms with Gasteiger partial charge in [0.2, 0.25) is 0 Å². The summed E-state index contributed by atoms with van der Waals surface area (Å²) < 4.78 is 6.01. The van der Waals surface area contributed by atoms with Gasteiger partial charge in [-0.05, 0) is 57.3 Å². The molecule has 0 radical (unpaired) electrons. The predicted molar refractivity (Wildman–Crippen MR) is 89.3 cm³/mol. The molecular formula is C20H30O2. The van der Waals surface area contributed by atoms with Gasteiger partial charge in [-0.25, -0.2) is 0 Å². The summed E-state index contributed by atoms with van der Waals surface area (Å²) in [5.74, 6) is 0.889. The van der Waals surface area contributed by atoms with E-state index in [4.69, 9.17) is 4.74 Å². The van der Waals surface area contributed by atoms with E-state index in [0.29, 0.717) is 11.8 Å². The number of fused-ring (bicyclic) bond motifs is 1. The van der Waals surface area contributed by atoms with Crippen LogP contribution in [-0.4, -0.2) is 11.6 Å². The van der Waals surface area contributed by atoms with E-state index in [-0.39, 0.29) is 22.4 Å². The highest BCUT2D eigenvalue weighted by atomic mass is 16.6. The first-order chi connectivity index (χ1) is 10.3. The van der Waals surface area contributed by atoms with Crippen LogP contribution in [0.4, 0.5) is 0 Å². The first kappa shape index (κ1) is 15.8. The summed E-state index contributed by atoms with van der Waals surface area (Å²) >= 11 is 0. The second-order valence-electron chi connectivity index (χ2n) is 8.62. The molecule has 0 aromatic heterocycles. The minimum Gasteiger partial charge on any atom is -0.459 e. The molecule has 2 heteroatoms. The van der Waals surface area contributed by atoms with E-state index in [9.17, 15) is 4.79 Å². The SMILES string of the molecule is C=CC(C)=CC[C@@H]1[C@@]23CCCC(C)(C)[C@@H]2CC[C@]1(C)OC3=O. The van der Waals surface area contributed by atoms with E-state index in [0.717, 1.165) is 32.1 Å². The van der Waals surface area contributed by atoms with Gasteiger partial charge < -0.3 is 4.74 Å². The van der Waals surface area contributed by atoms with E-state index in [1.165, 1.54) is 12.0 Å². The molecule has 1 heterocycles. The van der Waals surface area contributed by atoms with Gasteiger partial charge in [0, 0.05) is 5.92 Å². The van der Waals surface area contributed by atoms with Gasteiger partial charge in [0.25, 0.3) is 0 Å². The Morgan fingerprint density at radius 3 is 2.73 bits per heavy atom. The lowest BCUT2D eigenvalue weighted by Crippen LogP contribution is -2.55. The van der Waals surface area contributed by atoms with Crippen molar-refractivity contribution in [1.82, 2.24) is 0 Å². The molecule has 1 spiro atoms. The lowest BCUT2D eigenvalue weighted by Gasteiger charge is -2.55. The molecule has 2 saturated carbocycles. The molecule has 2 nitrogen and oxygen atoms in total. The van der Waals surface area contributed by atoms with Gasteiger partial charge in [-0.1, -0.05) is 44.6 Å². The number of ether oxygens (including phenoxy) is 1. The molecule has 3 fully saturated rings. The molecule has 0 aromatic carbocycles. The summed E-state index contributed by atoms with van der Waals surface area (Å²) in [5, 5.41) is 0. The minimum atomic E-state index is -0.265. The zero-order valence-electron chi connectivity index (χ0n) is 14.6. The molecule has 2 aliphatic carbocycles. The van der Waals surface area contributed by atoms with Crippen LogP contribution in [0.25, 0.3) is 0 Å². The van der Waals surface area contributed by atoms with Crippen LogP contribution in [0, 0.1) is 22.7 Å². The van der Waals surface area contributed by atoms with E-state index in [1.54, 1.807) is 0 Å². The van der Waals surface area contributed by atoms with Gasteiger partial charge >= 0.3 is 5.97 Å². The van der Waals surface area contributed by atoms with Crippen LogP contribution in [0.1, 0.15) is 66.2 Å². The molecule has 22 heavy (non-hydrogen) atoms. The first-order valence-corrected chi connectivity index (χ1v) is 8.79. The molecule has 0 unspecified atom stereocenters. The quantitative estimate of drug-likeness (QED) is 0.539. The van der Waals surface area contributed by atoms with Gasteiger partial charge in [0.15, 0.2) is 0 Å². The van der Waals surface area contributed by atoms with Crippen LogP contribution in [0.5, 0.6) is 0 Å². The Balaban J connectivity index is 2.03. The maximum Gasteiger partial charge on any atom is 0.313 e. The number of hydrogen-bond acceptors (Lipinski definition) is 2. The Hall–Kier alpha value is -1.05. The van der Waals surface area contributed by atoms with Crippen molar-refractivity contribution in [2.45, 2.75) is 71.8 Å². The molecule has 0 N–H and O–H groups in total. The number of rotatable bonds is 3. The van der Waals surface area contributed by atoms with Crippen molar-refractivity contribution in [3.63, 3.8) is 0 Å². The van der Waals surface area contributed by atoms with Crippen LogP contribution < -0.4 is 0 Å².